The summed E-state index contributed by atoms with van der Waals surface area (Å²) in [4.78, 5) is 21.2. The number of benzene rings is 1. The van der Waals surface area contributed by atoms with Crippen LogP contribution in [0.2, 0.25) is 5.02 Å². The molecule has 6 nitrogen and oxygen atoms in total. The molecule has 0 saturated heterocycles. The van der Waals surface area contributed by atoms with E-state index in [9.17, 15) is 4.79 Å². The van der Waals surface area contributed by atoms with Crippen LogP contribution in [0, 0.1) is 13.8 Å². The van der Waals surface area contributed by atoms with Crippen molar-refractivity contribution < 1.29 is 4.79 Å². The van der Waals surface area contributed by atoms with Gasteiger partial charge in [0.1, 0.15) is 0 Å². The lowest BCUT2D eigenvalue weighted by atomic mass is 10.1. The van der Waals surface area contributed by atoms with E-state index < -0.39 is 0 Å². The minimum absolute atomic E-state index is 0.00356. The number of hydrogen-bond acceptors (Lipinski definition) is 4. The van der Waals surface area contributed by atoms with Crippen molar-refractivity contribution in [1.29, 1.82) is 0 Å². The molecule has 0 radical (unpaired) electrons. The van der Waals surface area contributed by atoms with Gasteiger partial charge in [-0.3, -0.25) is 4.79 Å². The number of amides is 1. The molecule has 0 aliphatic carbocycles. The second-order valence-corrected chi connectivity index (χ2v) is 6.73. The van der Waals surface area contributed by atoms with Gasteiger partial charge in [0, 0.05) is 34.1 Å². The molecule has 2 aromatic heterocycles. The number of carbonyl (C=O) groups is 1. The molecule has 1 N–H and O–H groups in total. The lowest BCUT2D eigenvalue weighted by Gasteiger charge is -2.10. The van der Waals surface area contributed by atoms with Gasteiger partial charge in [0.05, 0.1) is 6.42 Å². The molecule has 0 bridgehead atoms. The molecular weight excluding hydrogens is 350 g/mol. The molecule has 0 unspecified atom stereocenters. The number of aryl methyl sites for hydroxylation is 2. The fourth-order valence-electron chi connectivity index (χ4n) is 2.81. The van der Waals surface area contributed by atoms with Crippen LogP contribution in [0.25, 0.3) is 17.2 Å². The average Bonchev–Trinajstić information content (AvgIpc) is 3.03. The summed E-state index contributed by atoms with van der Waals surface area (Å²) < 4.78 is 1.70. The van der Waals surface area contributed by atoms with Gasteiger partial charge in [0.25, 0.3) is 5.78 Å². The van der Waals surface area contributed by atoms with Gasteiger partial charge < -0.3 is 5.32 Å². The molecule has 7 heteroatoms. The van der Waals surface area contributed by atoms with Crippen molar-refractivity contribution in [3.05, 3.63) is 46.2 Å². The normalized spacial score (nSPS) is 11.1. The minimum atomic E-state index is 0.00356. The smallest absolute Gasteiger partial charge is 0.253 e. The third-order valence-corrected chi connectivity index (χ3v) is 4.59. The molecule has 0 saturated carbocycles. The highest BCUT2D eigenvalue weighted by atomic mass is 35.5. The van der Waals surface area contributed by atoms with E-state index in [1.807, 2.05) is 26.0 Å². The molecule has 1 aromatic carbocycles. The standard InChI is InChI=1S/C19H22ClN5O/c1-4-5-10-21-17(26)11-16-12(2)22-19-23-18(24-25(19)13(16)3)14-6-8-15(20)9-7-14/h6-9H,4-5,10-11H2,1-3H3,(H,21,26). The zero-order valence-electron chi connectivity index (χ0n) is 15.2. The van der Waals surface area contributed by atoms with E-state index >= 15 is 0 Å². The monoisotopic (exact) mass is 371 g/mol. The Morgan fingerprint density at radius 3 is 2.62 bits per heavy atom. The molecule has 0 aliphatic rings. The van der Waals surface area contributed by atoms with Gasteiger partial charge in [-0.2, -0.15) is 4.98 Å². The molecule has 0 atom stereocenters. The maximum absolute atomic E-state index is 12.2. The Kier molecular flexibility index (Phi) is 5.52. The number of halogens is 1. The van der Waals surface area contributed by atoms with E-state index in [-0.39, 0.29) is 5.91 Å². The SMILES string of the molecule is CCCCNC(=O)Cc1c(C)nc2nc(-c3ccc(Cl)cc3)nn2c1C. The van der Waals surface area contributed by atoms with Crippen molar-refractivity contribution in [1.82, 2.24) is 24.9 Å². The molecule has 136 valence electrons. The summed E-state index contributed by atoms with van der Waals surface area (Å²) in [5, 5.41) is 8.18. The van der Waals surface area contributed by atoms with Crippen molar-refractivity contribution in [3.8, 4) is 11.4 Å². The molecule has 3 aromatic rings. The summed E-state index contributed by atoms with van der Waals surface area (Å²) in [6.45, 7) is 6.64. The van der Waals surface area contributed by atoms with Gasteiger partial charge in [0.15, 0.2) is 5.82 Å². The van der Waals surface area contributed by atoms with Crippen molar-refractivity contribution in [2.75, 3.05) is 6.54 Å². The fourth-order valence-corrected chi connectivity index (χ4v) is 2.94. The Morgan fingerprint density at radius 2 is 1.92 bits per heavy atom. The van der Waals surface area contributed by atoms with Crippen LogP contribution in [-0.4, -0.2) is 32.0 Å². The van der Waals surface area contributed by atoms with Crippen LogP contribution < -0.4 is 5.32 Å². The molecule has 0 fully saturated rings. The first-order valence-corrected chi connectivity index (χ1v) is 9.13. The lowest BCUT2D eigenvalue weighted by molar-refractivity contribution is -0.120. The van der Waals surface area contributed by atoms with Gasteiger partial charge in [-0.15, -0.1) is 5.10 Å². The quantitative estimate of drug-likeness (QED) is 0.673. The van der Waals surface area contributed by atoms with Crippen LogP contribution in [0.4, 0.5) is 0 Å². The number of nitrogens with one attached hydrogen (secondary N) is 1. The summed E-state index contributed by atoms with van der Waals surface area (Å²) in [5.41, 5.74) is 3.44. The van der Waals surface area contributed by atoms with Crippen LogP contribution >= 0.6 is 11.6 Å². The Morgan fingerprint density at radius 1 is 1.19 bits per heavy atom. The van der Waals surface area contributed by atoms with Gasteiger partial charge in [-0.25, -0.2) is 9.50 Å². The van der Waals surface area contributed by atoms with E-state index in [0.717, 1.165) is 35.4 Å². The third kappa shape index (κ3) is 3.85. The molecule has 1 amide bonds. The molecular formula is C19H22ClN5O. The predicted molar refractivity (Wildman–Crippen MR) is 102 cm³/mol. The first-order chi connectivity index (χ1) is 12.5. The molecule has 26 heavy (non-hydrogen) atoms. The summed E-state index contributed by atoms with van der Waals surface area (Å²) in [5.74, 6) is 1.12. The van der Waals surface area contributed by atoms with Crippen LogP contribution in [0.15, 0.2) is 24.3 Å². The Labute approximate surface area is 157 Å². The highest BCUT2D eigenvalue weighted by Crippen LogP contribution is 2.21. The van der Waals surface area contributed by atoms with E-state index in [0.29, 0.717) is 29.6 Å². The summed E-state index contributed by atoms with van der Waals surface area (Å²) in [7, 11) is 0. The zero-order chi connectivity index (χ0) is 18.7. The molecule has 2 heterocycles. The van der Waals surface area contributed by atoms with Crippen molar-refractivity contribution in [2.24, 2.45) is 0 Å². The molecule has 0 aliphatic heterocycles. The van der Waals surface area contributed by atoms with E-state index in [4.69, 9.17) is 11.6 Å². The number of hydrogen-bond donors (Lipinski definition) is 1. The fraction of sp³-hybridized carbons (Fsp3) is 0.368. The van der Waals surface area contributed by atoms with Gasteiger partial charge in [-0.1, -0.05) is 24.9 Å². The first-order valence-electron chi connectivity index (χ1n) is 8.75. The van der Waals surface area contributed by atoms with E-state index in [2.05, 4.69) is 27.3 Å². The van der Waals surface area contributed by atoms with E-state index in [1.54, 1.807) is 16.6 Å². The predicted octanol–water partition coefficient (Wildman–Crippen LogP) is 3.52. The van der Waals surface area contributed by atoms with Gasteiger partial charge >= 0.3 is 0 Å². The topological polar surface area (TPSA) is 72.2 Å². The Balaban J connectivity index is 1.91. The number of fused-ring (bicyclic) bond motifs is 1. The van der Waals surface area contributed by atoms with Crippen LogP contribution in [0.3, 0.4) is 0 Å². The minimum Gasteiger partial charge on any atom is -0.356 e. The second-order valence-electron chi connectivity index (χ2n) is 6.30. The first kappa shape index (κ1) is 18.3. The molecule has 3 rings (SSSR count). The number of unbranched alkanes of at least 4 members (excludes halogenated alkanes) is 1. The number of rotatable bonds is 6. The van der Waals surface area contributed by atoms with Crippen LogP contribution in [0.5, 0.6) is 0 Å². The maximum Gasteiger partial charge on any atom is 0.253 e. The summed E-state index contributed by atoms with van der Waals surface area (Å²) >= 11 is 5.94. The average molecular weight is 372 g/mol. The maximum atomic E-state index is 12.2. The highest BCUT2D eigenvalue weighted by molar-refractivity contribution is 6.30. The Bertz CT molecular complexity index is 933. The third-order valence-electron chi connectivity index (χ3n) is 4.34. The second kappa shape index (κ2) is 7.83. The van der Waals surface area contributed by atoms with E-state index in [1.165, 1.54) is 0 Å². The van der Waals surface area contributed by atoms with Gasteiger partial charge in [-0.05, 0) is 44.5 Å². The summed E-state index contributed by atoms with van der Waals surface area (Å²) in [6.07, 6.45) is 2.33. The molecule has 0 spiro atoms. The zero-order valence-corrected chi connectivity index (χ0v) is 16.0. The number of carbonyl (C=O) groups excluding carboxylic acids is 1. The van der Waals surface area contributed by atoms with Crippen molar-refractivity contribution in [2.45, 2.75) is 40.0 Å². The highest BCUT2D eigenvalue weighted by Gasteiger charge is 2.16. The Hall–Kier alpha value is -2.47. The number of nitrogens with zero attached hydrogens (tertiary/aromatic N) is 4. The van der Waals surface area contributed by atoms with Crippen LogP contribution in [-0.2, 0) is 11.2 Å². The van der Waals surface area contributed by atoms with Crippen LogP contribution in [0.1, 0.15) is 36.7 Å². The van der Waals surface area contributed by atoms with Gasteiger partial charge in [0.2, 0.25) is 5.91 Å². The number of aromatic nitrogens is 4. The summed E-state index contributed by atoms with van der Waals surface area (Å²) in [6, 6.07) is 7.36. The van der Waals surface area contributed by atoms with Crippen molar-refractivity contribution in [3.63, 3.8) is 0 Å². The van der Waals surface area contributed by atoms with Crippen molar-refractivity contribution >= 4 is 23.3 Å². The largest absolute Gasteiger partial charge is 0.356 e. The lowest BCUT2D eigenvalue weighted by Crippen LogP contribution is -2.27.